The van der Waals surface area contributed by atoms with Gasteiger partial charge in [0.2, 0.25) is 5.91 Å². The first-order valence-electron chi connectivity index (χ1n) is 6.44. The summed E-state index contributed by atoms with van der Waals surface area (Å²) >= 11 is 0. The van der Waals surface area contributed by atoms with Crippen molar-refractivity contribution < 1.29 is 9.59 Å². The van der Waals surface area contributed by atoms with Crippen LogP contribution in [-0.2, 0) is 4.79 Å². The van der Waals surface area contributed by atoms with Crippen LogP contribution in [0.25, 0.3) is 0 Å². The standard InChI is InChI=1S/C14H19N3O2/c1-8-5-10(7-11(15)6-8)14(19)16-9(2)13(18)17-12-3-4-12/h5-7,9,12H,3-4,15H2,1-2H3,(H,16,19)(H,17,18). The summed E-state index contributed by atoms with van der Waals surface area (Å²) in [5.41, 5.74) is 7.64. The Morgan fingerprint density at radius 3 is 2.58 bits per heavy atom. The average Bonchev–Trinajstić information content (AvgIpc) is 3.11. The summed E-state index contributed by atoms with van der Waals surface area (Å²) in [5.74, 6) is -0.426. The molecular formula is C14H19N3O2. The van der Waals surface area contributed by atoms with E-state index >= 15 is 0 Å². The lowest BCUT2D eigenvalue weighted by Gasteiger charge is -2.14. The molecule has 4 N–H and O–H groups in total. The molecule has 0 bridgehead atoms. The van der Waals surface area contributed by atoms with Crippen LogP contribution in [0.2, 0.25) is 0 Å². The molecule has 1 aromatic rings. The van der Waals surface area contributed by atoms with Gasteiger partial charge in [0.1, 0.15) is 6.04 Å². The van der Waals surface area contributed by atoms with E-state index in [1.165, 1.54) is 0 Å². The van der Waals surface area contributed by atoms with E-state index in [0.29, 0.717) is 17.3 Å². The van der Waals surface area contributed by atoms with Crippen molar-refractivity contribution in [1.29, 1.82) is 0 Å². The second-order valence-corrected chi connectivity index (χ2v) is 5.11. The third-order valence-corrected chi connectivity index (χ3v) is 3.03. The second kappa shape index (κ2) is 5.30. The Kier molecular flexibility index (Phi) is 3.74. The molecule has 1 aromatic carbocycles. The van der Waals surface area contributed by atoms with Gasteiger partial charge in [-0.05, 0) is 50.5 Å². The zero-order chi connectivity index (χ0) is 14.0. The van der Waals surface area contributed by atoms with Crippen LogP contribution < -0.4 is 16.4 Å². The van der Waals surface area contributed by atoms with E-state index in [0.717, 1.165) is 18.4 Å². The Balaban J connectivity index is 1.97. The largest absolute Gasteiger partial charge is 0.399 e. The van der Waals surface area contributed by atoms with Gasteiger partial charge in [-0.3, -0.25) is 9.59 Å². The van der Waals surface area contributed by atoms with Gasteiger partial charge >= 0.3 is 0 Å². The third-order valence-electron chi connectivity index (χ3n) is 3.03. The minimum Gasteiger partial charge on any atom is -0.399 e. The first kappa shape index (κ1) is 13.4. The Morgan fingerprint density at radius 1 is 1.32 bits per heavy atom. The van der Waals surface area contributed by atoms with Crippen molar-refractivity contribution in [3.63, 3.8) is 0 Å². The highest BCUT2D eigenvalue weighted by Gasteiger charge is 2.26. The van der Waals surface area contributed by atoms with E-state index in [1.807, 2.05) is 6.92 Å². The highest BCUT2D eigenvalue weighted by molar-refractivity contribution is 5.98. The van der Waals surface area contributed by atoms with Crippen molar-refractivity contribution in [3.8, 4) is 0 Å². The fraction of sp³-hybridized carbons (Fsp3) is 0.429. The van der Waals surface area contributed by atoms with Crippen molar-refractivity contribution in [2.45, 2.75) is 38.8 Å². The Morgan fingerprint density at radius 2 is 2.00 bits per heavy atom. The average molecular weight is 261 g/mol. The summed E-state index contributed by atoms with van der Waals surface area (Å²) in [4.78, 5) is 23.8. The maximum Gasteiger partial charge on any atom is 0.252 e. The maximum atomic E-state index is 12.0. The van der Waals surface area contributed by atoms with Gasteiger partial charge in [-0.1, -0.05) is 0 Å². The van der Waals surface area contributed by atoms with E-state index in [-0.39, 0.29) is 11.8 Å². The van der Waals surface area contributed by atoms with Gasteiger partial charge in [-0.15, -0.1) is 0 Å². The number of rotatable bonds is 4. The SMILES string of the molecule is Cc1cc(N)cc(C(=O)NC(C)C(=O)NC2CC2)c1. The highest BCUT2D eigenvalue weighted by atomic mass is 16.2. The van der Waals surface area contributed by atoms with Crippen molar-refractivity contribution in [1.82, 2.24) is 10.6 Å². The number of carbonyl (C=O) groups is 2. The first-order valence-corrected chi connectivity index (χ1v) is 6.44. The minimum atomic E-state index is -0.546. The lowest BCUT2D eigenvalue weighted by molar-refractivity contribution is -0.122. The number of aryl methyl sites for hydroxylation is 1. The van der Waals surface area contributed by atoms with Crippen LogP contribution in [0.1, 0.15) is 35.7 Å². The van der Waals surface area contributed by atoms with Gasteiger partial charge in [0.15, 0.2) is 0 Å². The monoisotopic (exact) mass is 261 g/mol. The van der Waals surface area contributed by atoms with Crippen LogP contribution in [0.15, 0.2) is 18.2 Å². The van der Waals surface area contributed by atoms with E-state index < -0.39 is 6.04 Å². The lowest BCUT2D eigenvalue weighted by atomic mass is 10.1. The van der Waals surface area contributed by atoms with Crippen molar-refractivity contribution >= 4 is 17.5 Å². The maximum absolute atomic E-state index is 12.0. The summed E-state index contributed by atoms with van der Waals surface area (Å²) in [5, 5.41) is 5.53. The molecule has 1 fully saturated rings. The molecule has 2 amide bonds. The summed E-state index contributed by atoms with van der Waals surface area (Å²) in [6, 6.07) is 4.89. The van der Waals surface area contributed by atoms with Crippen molar-refractivity contribution in [2.75, 3.05) is 5.73 Å². The number of hydrogen-bond donors (Lipinski definition) is 3. The van der Waals surface area contributed by atoms with Gasteiger partial charge in [0.05, 0.1) is 0 Å². The third kappa shape index (κ3) is 3.71. The van der Waals surface area contributed by atoms with E-state index in [4.69, 9.17) is 5.73 Å². The number of amides is 2. The van der Waals surface area contributed by atoms with Gasteiger partial charge in [-0.25, -0.2) is 0 Å². The quantitative estimate of drug-likeness (QED) is 0.706. The predicted octanol–water partition coefficient (Wildman–Crippen LogP) is 0.974. The van der Waals surface area contributed by atoms with E-state index in [2.05, 4.69) is 10.6 Å². The van der Waals surface area contributed by atoms with E-state index in [9.17, 15) is 9.59 Å². The molecule has 0 heterocycles. The molecule has 1 saturated carbocycles. The lowest BCUT2D eigenvalue weighted by Crippen LogP contribution is -2.45. The fourth-order valence-electron chi connectivity index (χ4n) is 1.84. The predicted molar refractivity (Wildman–Crippen MR) is 73.7 cm³/mol. The summed E-state index contributed by atoms with van der Waals surface area (Å²) in [7, 11) is 0. The molecule has 2 rings (SSSR count). The number of benzene rings is 1. The van der Waals surface area contributed by atoms with Crippen LogP contribution in [0.3, 0.4) is 0 Å². The number of nitrogens with one attached hydrogen (secondary N) is 2. The molecule has 0 aromatic heterocycles. The zero-order valence-electron chi connectivity index (χ0n) is 11.2. The molecule has 1 atom stereocenters. The van der Waals surface area contributed by atoms with Crippen LogP contribution >= 0.6 is 0 Å². The Labute approximate surface area is 112 Å². The molecule has 0 saturated heterocycles. The number of hydrogen-bond acceptors (Lipinski definition) is 3. The van der Waals surface area contributed by atoms with Gasteiger partial charge in [-0.2, -0.15) is 0 Å². The number of carbonyl (C=O) groups excluding carboxylic acids is 2. The number of nitrogen functional groups attached to an aromatic ring is 1. The number of nitrogens with two attached hydrogens (primary N) is 1. The molecule has 5 nitrogen and oxygen atoms in total. The molecule has 5 heteroatoms. The van der Waals surface area contributed by atoms with Gasteiger partial charge in [0, 0.05) is 17.3 Å². The van der Waals surface area contributed by atoms with E-state index in [1.54, 1.807) is 25.1 Å². The molecule has 19 heavy (non-hydrogen) atoms. The molecule has 0 aliphatic heterocycles. The summed E-state index contributed by atoms with van der Waals surface area (Å²) in [6.07, 6.45) is 2.06. The molecule has 0 radical (unpaired) electrons. The highest BCUT2D eigenvalue weighted by Crippen LogP contribution is 2.18. The van der Waals surface area contributed by atoms with Crippen LogP contribution in [-0.4, -0.2) is 23.9 Å². The molecule has 0 spiro atoms. The Bertz CT molecular complexity index is 489. The van der Waals surface area contributed by atoms with Gasteiger partial charge < -0.3 is 16.4 Å². The van der Waals surface area contributed by atoms with Crippen LogP contribution in [0, 0.1) is 6.92 Å². The first-order chi connectivity index (χ1) is 8.95. The normalized spacial score (nSPS) is 15.7. The molecule has 1 aliphatic rings. The van der Waals surface area contributed by atoms with Crippen molar-refractivity contribution in [3.05, 3.63) is 29.3 Å². The zero-order valence-corrected chi connectivity index (χ0v) is 11.2. The topological polar surface area (TPSA) is 84.2 Å². The number of anilines is 1. The molecule has 102 valence electrons. The second-order valence-electron chi connectivity index (χ2n) is 5.11. The van der Waals surface area contributed by atoms with Gasteiger partial charge in [0.25, 0.3) is 5.91 Å². The minimum absolute atomic E-state index is 0.142. The summed E-state index contributed by atoms with van der Waals surface area (Å²) in [6.45, 7) is 3.55. The smallest absolute Gasteiger partial charge is 0.252 e. The van der Waals surface area contributed by atoms with Crippen LogP contribution in [0.4, 0.5) is 5.69 Å². The summed E-state index contributed by atoms with van der Waals surface area (Å²) < 4.78 is 0. The van der Waals surface area contributed by atoms with Crippen molar-refractivity contribution in [2.24, 2.45) is 0 Å². The fourth-order valence-corrected chi connectivity index (χ4v) is 1.84. The molecule has 1 unspecified atom stereocenters. The molecule has 1 aliphatic carbocycles. The molecular weight excluding hydrogens is 242 g/mol. The Hall–Kier alpha value is -2.04. The van der Waals surface area contributed by atoms with Crippen LogP contribution in [0.5, 0.6) is 0 Å².